The van der Waals surface area contributed by atoms with E-state index in [1.807, 2.05) is 0 Å². The topological polar surface area (TPSA) is 114 Å². The number of rotatable bonds is 5. The van der Waals surface area contributed by atoms with Gasteiger partial charge in [-0.3, -0.25) is 4.79 Å². The van der Waals surface area contributed by atoms with E-state index in [4.69, 9.17) is 4.74 Å². The molecule has 20 heavy (non-hydrogen) atoms. The Kier molecular flexibility index (Phi) is 3.70. The van der Waals surface area contributed by atoms with Gasteiger partial charge in [0, 0.05) is 5.56 Å². The molecule has 2 N–H and O–H groups in total. The summed E-state index contributed by atoms with van der Waals surface area (Å²) in [5, 5.41) is 6.00. The van der Waals surface area contributed by atoms with Crippen molar-refractivity contribution < 1.29 is 17.9 Å². The molecule has 0 unspecified atom stereocenters. The molecule has 0 spiro atoms. The van der Waals surface area contributed by atoms with Crippen LogP contribution in [0.15, 0.2) is 29.2 Å². The van der Waals surface area contributed by atoms with Gasteiger partial charge in [-0.25, -0.2) is 18.2 Å². The minimum atomic E-state index is -3.86. The lowest BCUT2D eigenvalue weighted by atomic mass is 10.2. The average molecular weight is 296 g/mol. The lowest BCUT2D eigenvalue weighted by Gasteiger charge is -2.05. The van der Waals surface area contributed by atoms with E-state index in [1.54, 1.807) is 6.07 Å². The number of ketones is 1. The Balaban J connectivity index is 2.30. The number of aromatic nitrogens is 3. The van der Waals surface area contributed by atoms with E-state index in [1.165, 1.54) is 32.2 Å². The molecule has 0 aliphatic carbocycles. The van der Waals surface area contributed by atoms with Gasteiger partial charge in [0.05, 0.1) is 12.0 Å². The third-order valence-electron chi connectivity index (χ3n) is 2.43. The van der Waals surface area contributed by atoms with Gasteiger partial charge in [-0.1, -0.05) is 12.1 Å². The molecule has 1 heterocycles. The van der Waals surface area contributed by atoms with E-state index in [-0.39, 0.29) is 22.6 Å². The fourth-order valence-corrected chi connectivity index (χ4v) is 2.46. The molecule has 8 nitrogen and oxygen atoms in total. The number of benzene rings is 1. The van der Waals surface area contributed by atoms with Crippen LogP contribution in [0, 0.1) is 0 Å². The quantitative estimate of drug-likeness (QED) is 0.789. The van der Waals surface area contributed by atoms with Gasteiger partial charge in [0.1, 0.15) is 0 Å². The second-order valence-corrected chi connectivity index (χ2v) is 5.54. The molecular weight excluding hydrogens is 284 g/mol. The molecule has 2 aromatic rings. The minimum Gasteiger partial charge on any atom is -0.466 e. The van der Waals surface area contributed by atoms with Crippen LogP contribution in [-0.2, 0) is 10.0 Å². The van der Waals surface area contributed by atoms with E-state index >= 15 is 0 Å². The van der Waals surface area contributed by atoms with Crippen molar-refractivity contribution in [3.8, 4) is 6.01 Å². The molecule has 9 heteroatoms. The monoisotopic (exact) mass is 296 g/mol. The summed E-state index contributed by atoms with van der Waals surface area (Å²) in [6.45, 7) is 1.36. The SMILES string of the molecule is COc1n[nH]c(NS(=O)(=O)c2cccc(C(C)=O)c2)n1. The number of sulfonamides is 1. The summed E-state index contributed by atoms with van der Waals surface area (Å²) in [5.74, 6) is -0.293. The van der Waals surface area contributed by atoms with Crippen LogP contribution in [-0.4, -0.2) is 36.5 Å². The van der Waals surface area contributed by atoms with Crippen LogP contribution in [0.4, 0.5) is 5.95 Å². The molecule has 1 aromatic heterocycles. The number of hydrogen-bond donors (Lipinski definition) is 2. The Morgan fingerprint density at radius 1 is 1.40 bits per heavy atom. The number of nitrogens with one attached hydrogen (secondary N) is 2. The number of nitrogens with zero attached hydrogens (tertiary/aromatic N) is 2. The summed E-state index contributed by atoms with van der Waals surface area (Å²) in [6.07, 6.45) is 0. The van der Waals surface area contributed by atoms with Gasteiger partial charge in [-0.2, -0.15) is 4.98 Å². The van der Waals surface area contributed by atoms with Gasteiger partial charge in [0.15, 0.2) is 5.78 Å². The highest BCUT2D eigenvalue weighted by Gasteiger charge is 2.17. The second-order valence-electron chi connectivity index (χ2n) is 3.86. The van der Waals surface area contributed by atoms with E-state index in [0.29, 0.717) is 5.56 Å². The van der Waals surface area contributed by atoms with Crippen LogP contribution in [0.5, 0.6) is 6.01 Å². The lowest BCUT2D eigenvalue weighted by molar-refractivity contribution is 0.101. The van der Waals surface area contributed by atoms with Crippen LogP contribution in [0.25, 0.3) is 0 Å². The molecule has 0 bridgehead atoms. The molecule has 0 aliphatic heterocycles. The third-order valence-corrected chi connectivity index (χ3v) is 3.77. The van der Waals surface area contributed by atoms with E-state index in [0.717, 1.165) is 0 Å². The number of anilines is 1. The number of methoxy groups -OCH3 is 1. The van der Waals surface area contributed by atoms with Crippen LogP contribution in [0.3, 0.4) is 0 Å². The zero-order valence-corrected chi connectivity index (χ0v) is 11.6. The highest BCUT2D eigenvalue weighted by Crippen LogP contribution is 2.16. The molecule has 1 aromatic carbocycles. The minimum absolute atomic E-state index is 0.0141. The Labute approximate surface area is 115 Å². The van der Waals surface area contributed by atoms with Gasteiger partial charge in [0.2, 0.25) is 5.95 Å². The zero-order valence-electron chi connectivity index (χ0n) is 10.7. The molecule has 0 saturated heterocycles. The maximum Gasteiger partial charge on any atom is 0.336 e. The summed E-state index contributed by atoms with van der Waals surface area (Å²) in [6, 6.07) is 5.71. The Hall–Kier alpha value is -2.42. The summed E-state index contributed by atoms with van der Waals surface area (Å²) in [5.41, 5.74) is 0.308. The molecule has 0 atom stereocenters. The molecule has 2 rings (SSSR count). The van der Waals surface area contributed by atoms with Gasteiger partial charge in [-0.15, -0.1) is 5.10 Å². The van der Waals surface area contributed by atoms with Crippen molar-refractivity contribution in [1.29, 1.82) is 0 Å². The van der Waals surface area contributed by atoms with Crippen LogP contribution >= 0.6 is 0 Å². The number of Topliss-reactive ketones (excluding diaryl/α,β-unsaturated/α-hetero) is 1. The van der Waals surface area contributed by atoms with Crippen molar-refractivity contribution in [3.05, 3.63) is 29.8 Å². The number of ether oxygens (including phenoxy) is 1. The van der Waals surface area contributed by atoms with E-state index in [2.05, 4.69) is 19.9 Å². The summed E-state index contributed by atoms with van der Waals surface area (Å²) >= 11 is 0. The van der Waals surface area contributed by atoms with Gasteiger partial charge in [-0.05, 0) is 19.1 Å². The number of H-pyrrole nitrogens is 1. The van der Waals surface area contributed by atoms with Crippen molar-refractivity contribution in [1.82, 2.24) is 15.2 Å². The Bertz CT molecular complexity index is 738. The standard InChI is InChI=1S/C11H12N4O4S/c1-7(16)8-4-3-5-9(6-8)20(17,18)15-10-12-11(19-2)14-13-10/h3-6H,1-2H3,(H2,12,13,14,15). The summed E-state index contributed by atoms with van der Waals surface area (Å²) < 4.78 is 31.2. The first-order valence-corrected chi connectivity index (χ1v) is 7.01. The number of hydrogen-bond acceptors (Lipinski definition) is 6. The molecule has 0 amide bonds. The highest BCUT2D eigenvalue weighted by molar-refractivity contribution is 7.92. The van der Waals surface area contributed by atoms with Crippen molar-refractivity contribution in [2.24, 2.45) is 0 Å². The summed E-state index contributed by atoms with van der Waals surface area (Å²) in [7, 11) is -2.50. The normalized spacial score (nSPS) is 11.1. The number of carbonyl (C=O) groups excluding carboxylic acids is 1. The molecule has 0 fully saturated rings. The predicted molar refractivity (Wildman–Crippen MR) is 70.2 cm³/mol. The molecule has 0 radical (unpaired) electrons. The fourth-order valence-electron chi connectivity index (χ4n) is 1.45. The first kappa shape index (κ1) is 14.0. The van der Waals surface area contributed by atoms with Crippen molar-refractivity contribution in [2.75, 3.05) is 11.8 Å². The van der Waals surface area contributed by atoms with Gasteiger partial charge < -0.3 is 4.74 Å². The van der Waals surface area contributed by atoms with Crippen molar-refractivity contribution in [2.45, 2.75) is 11.8 Å². The fraction of sp³-hybridized carbons (Fsp3) is 0.182. The van der Waals surface area contributed by atoms with Crippen molar-refractivity contribution in [3.63, 3.8) is 0 Å². The highest BCUT2D eigenvalue weighted by atomic mass is 32.2. The van der Waals surface area contributed by atoms with Gasteiger partial charge >= 0.3 is 6.01 Å². The van der Waals surface area contributed by atoms with Crippen LogP contribution in [0.2, 0.25) is 0 Å². The zero-order chi connectivity index (χ0) is 14.8. The molecule has 0 aliphatic rings. The average Bonchev–Trinajstić information content (AvgIpc) is 2.86. The van der Waals surface area contributed by atoms with Crippen molar-refractivity contribution >= 4 is 21.8 Å². The maximum absolute atomic E-state index is 12.1. The third kappa shape index (κ3) is 2.94. The molecule has 0 saturated carbocycles. The smallest absolute Gasteiger partial charge is 0.336 e. The Morgan fingerprint density at radius 3 is 2.75 bits per heavy atom. The van der Waals surface area contributed by atoms with Crippen LogP contribution in [0.1, 0.15) is 17.3 Å². The first-order chi connectivity index (χ1) is 9.42. The maximum atomic E-state index is 12.1. The first-order valence-electron chi connectivity index (χ1n) is 5.52. The number of aromatic amines is 1. The van der Waals surface area contributed by atoms with Crippen LogP contribution < -0.4 is 9.46 Å². The molecular formula is C11H12N4O4S. The van der Waals surface area contributed by atoms with E-state index < -0.39 is 10.0 Å². The number of carbonyl (C=O) groups is 1. The van der Waals surface area contributed by atoms with E-state index in [9.17, 15) is 13.2 Å². The summed E-state index contributed by atoms with van der Waals surface area (Å²) in [4.78, 5) is 15.0. The second kappa shape index (κ2) is 5.29. The largest absolute Gasteiger partial charge is 0.466 e. The predicted octanol–water partition coefficient (Wildman–Crippen LogP) is 0.817. The molecule has 106 valence electrons. The van der Waals surface area contributed by atoms with Gasteiger partial charge in [0.25, 0.3) is 10.0 Å². The lowest BCUT2D eigenvalue weighted by Crippen LogP contribution is -2.14. The Morgan fingerprint density at radius 2 is 2.15 bits per heavy atom.